The smallest absolute Gasteiger partial charge is 0.407 e. The molecule has 3 rings (SSSR count). The summed E-state index contributed by atoms with van der Waals surface area (Å²) in [5.74, 6) is 0.880. The van der Waals surface area contributed by atoms with Crippen molar-refractivity contribution in [2.45, 2.75) is 44.9 Å². The van der Waals surface area contributed by atoms with Gasteiger partial charge in [-0.05, 0) is 60.8 Å². The molecule has 2 aromatic rings. The zero-order chi connectivity index (χ0) is 22.2. The summed E-state index contributed by atoms with van der Waals surface area (Å²) in [5, 5.41) is 15.7. The second kappa shape index (κ2) is 8.86. The van der Waals surface area contributed by atoms with Crippen LogP contribution in [0.25, 0.3) is 10.9 Å². The highest BCUT2D eigenvalue weighted by molar-refractivity contribution is 9.10. The molecular weight excluding hydrogens is 474 g/mol. The van der Waals surface area contributed by atoms with Gasteiger partial charge in [-0.2, -0.15) is 5.06 Å². The molecule has 3 atom stereocenters. The number of alkyl carbamates (subject to hydrolysis) is 1. The van der Waals surface area contributed by atoms with Crippen LogP contribution in [0.1, 0.15) is 38.1 Å². The molecule has 1 aromatic heterocycles. The number of ether oxygens (including phenoxy) is 2. The number of aromatic amines is 1. The van der Waals surface area contributed by atoms with Crippen molar-refractivity contribution < 1.29 is 23.7 Å². The van der Waals surface area contributed by atoms with E-state index >= 15 is 0 Å². The molecule has 0 bridgehead atoms. The second-order valence-electron chi connectivity index (χ2n) is 8.37. The average molecular weight is 502 g/mol. The molecule has 1 unspecified atom stereocenters. The first-order chi connectivity index (χ1) is 14.0. The normalized spacial score (nSPS) is 19.2. The monoisotopic (exact) mass is 501 g/mol. The molecule has 0 spiro atoms. The third-order valence-corrected chi connectivity index (χ3v) is 6.54. The molecule has 0 saturated carbocycles. The molecule has 1 amide bonds. The minimum Gasteiger partial charge on any atom is -0.496 e. The third kappa shape index (κ3) is 4.82. The standard InChI is InChI=1S/C20H28BrN3O5S/c1-20(2,3)29-19(25)23-13(10-30(5)27)18-17-11(8-9-24(18)26)15-12(22-17)6-7-14(28-4)16(15)21/h6-7,13,18,22,26H,8-10H2,1-5H3,(H,23,25)/t13-,18+,30?/m1/s1. The fourth-order valence-corrected chi connectivity index (χ4v) is 5.35. The van der Waals surface area contributed by atoms with E-state index in [1.54, 1.807) is 34.1 Å². The zero-order valence-electron chi connectivity index (χ0n) is 17.7. The highest BCUT2D eigenvalue weighted by atomic mass is 79.9. The largest absolute Gasteiger partial charge is 0.496 e. The molecule has 0 saturated heterocycles. The summed E-state index contributed by atoms with van der Waals surface area (Å²) in [6.07, 6.45) is 1.57. The molecule has 1 aliphatic rings. The highest BCUT2D eigenvalue weighted by Gasteiger charge is 2.38. The van der Waals surface area contributed by atoms with Gasteiger partial charge in [0.05, 0.1) is 23.7 Å². The fourth-order valence-electron chi connectivity index (χ4n) is 3.83. The molecule has 10 heteroatoms. The number of benzene rings is 1. The first-order valence-electron chi connectivity index (χ1n) is 9.63. The Morgan fingerprint density at radius 1 is 1.47 bits per heavy atom. The van der Waals surface area contributed by atoms with Crippen molar-refractivity contribution in [1.29, 1.82) is 0 Å². The molecule has 1 aromatic carbocycles. The number of carbonyl (C=O) groups excluding carboxylic acids is 1. The molecule has 0 radical (unpaired) electrons. The molecule has 8 nitrogen and oxygen atoms in total. The number of hydroxylamine groups is 2. The van der Waals surface area contributed by atoms with E-state index in [4.69, 9.17) is 9.47 Å². The summed E-state index contributed by atoms with van der Waals surface area (Å²) in [6.45, 7) is 5.70. The van der Waals surface area contributed by atoms with E-state index in [0.717, 1.165) is 26.6 Å². The van der Waals surface area contributed by atoms with Crippen LogP contribution in [0.5, 0.6) is 5.75 Å². The van der Waals surface area contributed by atoms with Crippen LogP contribution in [0.3, 0.4) is 0 Å². The number of methoxy groups -OCH3 is 1. The van der Waals surface area contributed by atoms with Gasteiger partial charge in [-0.1, -0.05) is 0 Å². The summed E-state index contributed by atoms with van der Waals surface area (Å²) in [5.41, 5.74) is 2.03. The maximum atomic E-state index is 12.5. The van der Waals surface area contributed by atoms with Crippen molar-refractivity contribution >= 4 is 43.7 Å². The number of rotatable bonds is 5. The van der Waals surface area contributed by atoms with E-state index in [1.165, 1.54) is 5.06 Å². The number of nitrogens with zero attached hydrogens (tertiary/aromatic N) is 1. The lowest BCUT2D eigenvalue weighted by Crippen LogP contribution is -2.51. The molecule has 0 fully saturated rings. The van der Waals surface area contributed by atoms with E-state index in [2.05, 4.69) is 26.2 Å². The fraction of sp³-hybridized carbons (Fsp3) is 0.550. The molecule has 0 aliphatic carbocycles. The SMILES string of the molecule is COc1ccc2[nH]c3c(c2c1Br)CCN(O)[C@H]3[C@@H](CS(C)=O)NC(=O)OC(C)(C)C. The van der Waals surface area contributed by atoms with E-state index in [1.807, 2.05) is 12.1 Å². The summed E-state index contributed by atoms with van der Waals surface area (Å²) in [6, 6.07) is 2.56. The summed E-state index contributed by atoms with van der Waals surface area (Å²) < 4.78 is 23.7. The Kier molecular flexibility index (Phi) is 6.81. The highest BCUT2D eigenvalue weighted by Crippen LogP contribution is 2.41. The van der Waals surface area contributed by atoms with Crippen LogP contribution in [-0.2, 0) is 22.0 Å². The molecule has 30 heavy (non-hydrogen) atoms. The zero-order valence-corrected chi connectivity index (χ0v) is 20.1. The Morgan fingerprint density at radius 3 is 2.77 bits per heavy atom. The van der Waals surface area contributed by atoms with Crippen LogP contribution in [0, 0.1) is 0 Å². The number of halogens is 1. The van der Waals surface area contributed by atoms with E-state index < -0.39 is 34.6 Å². The number of amides is 1. The van der Waals surface area contributed by atoms with Gasteiger partial charge in [0, 0.05) is 45.9 Å². The Hall–Kier alpha value is -1.62. The number of hydrogen-bond donors (Lipinski definition) is 3. The van der Waals surface area contributed by atoms with Crippen LogP contribution in [0.4, 0.5) is 4.79 Å². The first kappa shape index (κ1) is 23.1. The number of fused-ring (bicyclic) bond motifs is 3. The lowest BCUT2D eigenvalue weighted by atomic mass is 9.94. The first-order valence-corrected chi connectivity index (χ1v) is 12.2. The van der Waals surface area contributed by atoms with Crippen molar-refractivity contribution in [2.24, 2.45) is 0 Å². The maximum Gasteiger partial charge on any atom is 0.407 e. The van der Waals surface area contributed by atoms with Crippen molar-refractivity contribution in [3.8, 4) is 5.75 Å². The quantitative estimate of drug-likeness (QED) is 0.579. The minimum absolute atomic E-state index is 0.167. The van der Waals surface area contributed by atoms with Crippen LogP contribution >= 0.6 is 15.9 Å². The minimum atomic E-state index is -1.21. The van der Waals surface area contributed by atoms with Gasteiger partial charge in [0.2, 0.25) is 0 Å². The van der Waals surface area contributed by atoms with Gasteiger partial charge in [0.15, 0.2) is 0 Å². The van der Waals surface area contributed by atoms with Crippen LogP contribution in [-0.4, -0.2) is 62.9 Å². The number of hydrogen-bond acceptors (Lipinski definition) is 6. The Labute approximate surface area is 186 Å². The topological polar surface area (TPSA) is 104 Å². The molecule has 2 heterocycles. The van der Waals surface area contributed by atoms with Gasteiger partial charge in [-0.3, -0.25) is 4.21 Å². The van der Waals surface area contributed by atoms with Crippen LogP contribution in [0.2, 0.25) is 0 Å². The van der Waals surface area contributed by atoms with Crippen LogP contribution in [0.15, 0.2) is 16.6 Å². The van der Waals surface area contributed by atoms with Gasteiger partial charge in [-0.15, -0.1) is 0 Å². The Morgan fingerprint density at radius 2 is 2.17 bits per heavy atom. The van der Waals surface area contributed by atoms with Crippen LogP contribution < -0.4 is 10.1 Å². The van der Waals surface area contributed by atoms with Crippen molar-refractivity contribution in [3.63, 3.8) is 0 Å². The summed E-state index contributed by atoms with van der Waals surface area (Å²) in [4.78, 5) is 15.8. The summed E-state index contributed by atoms with van der Waals surface area (Å²) >= 11 is 3.63. The Balaban J connectivity index is 2.04. The molecular formula is C20H28BrN3O5S. The number of aromatic nitrogens is 1. The van der Waals surface area contributed by atoms with Crippen molar-refractivity contribution in [3.05, 3.63) is 27.9 Å². The van der Waals surface area contributed by atoms with Gasteiger partial charge in [0.1, 0.15) is 11.4 Å². The summed E-state index contributed by atoms with van der Waals surface area (Å²) in [7, 11) is 0.405. The van der Waals surface area contributed by atoms with Gasteiger partial charge in [0.25, 0.3) is 0 Å². The predicted octanol–water partition coefficient (Wildman–Crippen LogP) is 3.50. The second-order valence-corrected chi connectivity index (χ2v) is 10.6. The van der Waals surface area contributed by atoms with Crippen molar-refractivity contribution in [2.75, 3.05) is 25.7 Å². The van der Waals surface area contributed by atoms with E-state index in [-0.39, 0.29) is 5.75 Å². The third-order valence-electron chi connectivity index (χ3n) is 4.93. The number of nitrogens with one attached hydrogen (secondary N) is 2. The average Bonchev–Trinajstić information content (AvgIpc) is 2.98. The molecule has 3 N–H and O–H groups in total. The molecule has 166 valence electrons. The van der Waals surface area contributed by atoms with Gasteiger partial charge >= 0.3 is 6.09 Å². The van der Waals surface area contributed by atoms with E-state index in [0.29, 0.717) is 18.7 Å². The predicted molar refractivity (Wildman–Crippen MR) is 120 cm³/mol. The van der Waals surface area contributed by atoms with Crippen molar-refractivity contribution in [1.82, 2.24) is 15.4 Å². The van der Waals surface area contributed by atoms with Gasteiger partial charge < -0.3 is 25.0 Å². The lowest BCUT2D eigenvalue weighted by molar-refractivity contribution is -0.141. The number of H-pyrrole nitrogens is 1. The molecule has 1 aliphatic heterocycles. The van der Waals surface area contributed by atoms with E-state index in [9.17, 15) is 14.2 Å². The maximum absolute atomic E-state index is 12.5. The van der Waals surface area contributed by atoms with Gasteiger partial charge in [-0.25, -0.2) is 4.79 Å². The Bertz CT molecular complexity index is 971. The number of carbonyl (C=O) groups is 1. The lowest BCUT2D eigenvalue weighted by Gasteiger charge is -2.36.